The van der Waals surface area contributed by atoms with Crippen LogP contribution in [0.2, 0.25) is 0 Å². The minimum atomic E-state index is 0.0803. The summed E-state index contributed by atoms with van der Waals surface area (Å²) in [5.74, 6) is 0.852. The van der Waals surface area contributed by atoms with Crippen LogP contribution in [0.25, 0.3) is 0 Å². The molecule has 5 nitrogen and oxygen atoms in total. The molecule has 0 fully saturated rings. The Labute approximate surface area is 112 Å². The molecule has 98 valence electrons. The lowest BCUT2D eigenvalue weighted by molar-refractivity contribution is 0.318. The number of rotatable bonds is 4. The van der Waals surface area contributed by atoms with Crippen LogP contribution >= 0.6 is 0 Å². The Balaban J connectivity index is 2.17. The van der Waals surface area contributed by atoms with E-state index in [4.69, 9.17) is 10.9 Å². The molecular formula is C14H16N4O. The quantitative estimate of drug-likeness (QED) is 0.378. The normalized spacial score (nSPS) is 11.3. The first-order valence-corrected chi connectivity index (χ1v) is 5.89. The predicted molar refractivity (Wildman–Crippen MR) is 75.3 cm³/mol. The third-order valence-corrected chi connectivity index (χ3v) is 2.80. The number of benzene rings is 1. The Morgan fingerprint density at radius 3 is 2.74 bits per heavy atom. The van der Waals surface area contributed by atoms with Crippen molar-refractivity contribution in [1.82, 2.24) is 4.98 Å². The lowest BCUT2D eigenvalue weighted by atomic mass is 10.2. The molecule has 0 spiro atoms. The first-order valence-electron chi connectivity index (χ1n) is 5.89. The van der Waals surface area contributed by atoms with Gasteiger partial charge < -0.3 is 15.8 Å². The van der Waals surface area contributed by atoms with Crippen molar-refractivity contribution in [2.45, 2.75) is 6.54 Å². The maximum absolute atomic E-state index is 8.68. The van der Waals surface area contributed by atoms with E-state index in [9.17, 15) is 0 Å². The first kappa shape index (κ1) is 12.9. The molecule has 0 saturated carbocycles. The summed E-state index contributed by atoms with van der Waals surface area (Å²) >= 11 is 0. The van der Waals surface area contributed by atoms with E-state index < -0.39 is 0 Å². The second kappa shape index (κ2) is 5.86. The van der Waals surface area contributed by atoms with E-state index >= 15 is 0 Å². The van der Waals surface area contributed by atoms with Gasteiger partial charge in [0.2, 0.25) is 0 Å². The Morgan fingerprint density at radius 2 is 2.05 bits per heavy atom. The van der Waals surface area contributed by atoms with Crippen molar-refractivity contribution in [1.29, 1.82) is 0 Å². The van der Waals surface area contributed by atoms with Crippen LogP contribution in [-0.4, -0.2) is 23.1 Å². The van der Waals surface area contributed by atoms with Crippen molar-refractivity contribution in [3.63, 3.8) is 0 Å². The summed E-state index contributed by atoms with van der Waals surface area (Å²) in [4.78, 5) is 6.29. The van der Waals surface area contributed by atoms with Gasteiger partial charge in [-0.15, -0.1) is 0 Å². The molecule has 0 bridgehead atoms. The molecule has 0 aliphatic heterocycles. The highest BCUT2D eigenvalue weighted by Gasteiger charge is 2.06. The van der Waals surface area contributed by atoms with E-state index in [1.165, 1.54) is 5.56 Å². The summed E-state index contributed by atoms with van der Waals surface area (Å²) in [6.45, 7) is 0.744. The topological polar surface area (TPSA) is 74.7 Å². The Kier molecular flexibility index (Phi) is 3.97. The fraction of sp³-hybridized carbons (Fsp3) is 0.143. The van der Waals surface area contributed by atoms with Crippen molar-refractivity contribution in [3.05, 3.63) is 59.8 Å². The van der Waals surface area contributed by atoms with Gasteiger partial charge in [-0.05, 0) is 17.7 Å². The van der Waals surface area contributed by atoms with E-state index in [1.54, 1.807) is 18.3 Å². The van der Waals surface area contributed by atoms with Crippen molar-refractivity contribution in [2.75, 3.05) is 11.9 Å². The van der Waals surface area contributed by atoms with E-state index in [0.717, 1.165) is 12.4 Å². The van der Waals surface area contributed by atoms with Crippen molar-refractivity contribution in [3.8, 4) is 0 Å². The molecule has 0 aliphatic carbocycles. The molecule has 19 heavy (non-hydrogen) atoms. The maximum atomic E-state index is 8.68. The zero-order valence-electron chi connectivity index (χ0n) is 10.7. The highest BCUT2D eigenvalue weighted by Crippen LogP contribution is 2.14. The number of oxime groups is 1. The number of aromatic nitrogens is 1. The average Bonchev–Trinajstić information content (AvgIpc) is 2.47. The fourth-order valence-corrected chi connectivity index (χ4v) is 1.78. The lowest BCUT2D eigenvalue weighted by Gasteiger charge is -2.18. The maximum Gasteiger partial charge on any atom is 0.170 e. The molecule has 0 amide bonds. The van der Waals surface area contributed by atoms with Gasteiger partial charge in [-0.3, -0.25) is 0 Å². The van der Waals surface area contributed by atoms with Gasteiger partial charge in [-0.25, -0.2) is 4.98 Å². The Hall–Kier alpha value is -2.56. The van der Waals surface area contributed by atoms with Crippen LogP contribution in [0.1, 0.15) is 11.1 Å². The lowest BCUT2D eigenvalue weighted by Crippen LogP contribution is -2.19. The molecular weight excluding hydrogens is 240 g/mol. The summed E-state index contributed by atoms with van der Waals surface area (Å²) in [5.41, 5.74) is 7.41. The highest BCUT2D eigenvalue weighted by molar-refractivity contribution is 5.97. The summed E-state index contributed by atoms with van der Waals surface area (Å²) < 4.78 is 0. The molecule has 1 aromatic heterocycles. The van der Waals surface area contributed by atoms with E-state index in [-0.39, 0.29) is 5.84 Å². The van der Waals surface area contributed by atoms with Crippen LogP contribution in [0.5, 0.6) is 0 Å². The van der Waals surface area contributed by atoms with Gasteiger partial charge >= 0.3 is 0 Å². The number of anilines is 1. The van der Waals surface area contributed by atoms with Crippen LogP contribution in [-0.2, 0) is 6.54 Å². The smallest absolute Gasteiger partial charge is 0.170 e. The monoisotopic (exact) mass is 256 g/mol. The predicted octanol–water partition coefficient (Wildman–Crippen LogP) is 1.81. The van der Waals surface area contributed by atoms with Gasteiger partial charge in [0.1, 0.15) is 5.82 Å². The number of hydrogen-bond acceptors (Lipinski definition) is 4. The highest BCUT2D eigenvalue weighted by atomic mass is 16.4. The van der Waals surface area contributed by atoms with Gasteiger partial charge in [-0.2, -0.15) is 0 Å². The summed E-state index contributed by atoms with van der Waals surface area (Å²) in [7, 11) is 1.95. The van der Waals surface area contributed by atoms with E-state index in [0.29, 0.717) is 5.56 Å². The number of nitrogens with zero attached hydrogens (tertiary/aromatic N) is 3. The van der Waals surface area contributed by atoms with E-state index in [1.807, 2.05) is 30.1 Å². The van der Waals surface area contributed by atoms with Crippen molar-refractivity contribution in [2.24, 2.45) is 10.9 Å². The number of pyridine rings is 1. The molecule has 1 heterocycles. The molecule has 0 unspecified atom stereocenters. The second-order valence-corrected chi connectivity index (χ2v) is 4.23. The first-order chi connectivity index (χ1) is 9.20. The third kappa shape index (κ3) is 3.22. The molecule has 5 heteroatoms. The van der Waals surface area contributed by atoms with Crippen molar-refractivity contribution >= 4 is 11.7 Å². The number of hydrogen-bond donors (Lipinski definition) is 2. The van der Waals surface area contributed by atoms with Gasteiger partial charge in [0, 0.05) is 25.4 Å². The van der Waals surface area contributed by atoms with Crippen LogP contribution in [0, 0.1) is 0 Å². The zero-order valence-corrected chi connectivity index (χ0v) is 10.7. The van der Waals surface area contributed by atoms with Crippen molar-refractivity contribution < 1.29 is 5.21 Å². The van der Waals surface area contributed by atoms with Gasteiger partial charge in [0.05, 0.1) is 0 Å². The van der Waals surface area contributed by atoms with Gasteiger partial charge in [-0.1, -0.05) is 35.5 Å². The second-order valence-electron chi connectivity index (χ2n) is 4.23. The molecule has 3 N–H and O–H groups in total. The molecule has 0 radical (unpaired) electrons. The molecule has 0 saturated heterocycles. The average molecular weight is 256 g/mol. The summed E-state index contributed by atoms with van der Waals surface area (Å²) in [6, 6.07) is 13.6. The molecule has 2 aromatic rings. The van der Waals surface area contributed by atoms with Crippen LogP contribution in [0.3, 0.4) is 0 Å². The number of nitrogens with two attached hydrogens (primary N) is 1. The molecule has 2 rings (SSSR count). The molecule has 1 aromatic carbocycles. The third-order valence-electron chi connectivity index (χ3n) is 2.80. The fourth-order valence-electron chi connectivity index (χ4n) is 1.78. The van der Waals surface area contributed by atoms with E-state index in [2.05, 4.69) is 22.3 Å². The summed E-state index contributed by atoms with van der Waals surface area (Å²) in [6.07, 6.45) is 1.64. The standard InChI is InChI=1S/C14H16N4O/c1-18(10-11-5-3-2-4-6-11)13-9-12(7-8-16-13)14(15)17-19/h2-9,19H,10H2,1H3,(H2,15,17). The zero-order chi connectivity index (χ0) is 13.7. The Bertz CT molecular complexity index is 569. The van der Waals surface area contributed by atoms with Crippen LogP contribution in [0.4, 0.5) is 5.82 Å². The molecule has 0 aliphatic rings. The SMILES string of the molecule is CN(Cc1ccccc1)c1cc(/C(N)=N/O)ccn1. The summed E-state index contributed by atoms with van der Waals surface area (Å²) in [5, 5.41) is 11.7. The Morgan fingerprint density at radius 1 is 1.32 bits per heavy atom. The molecule has 0 atom stereocenters. The number of amidine groups is 1. The van der Waals surface area contributed by atoms with Gasteiger partial charge in [0.25, 0.3) is 0 Å². The van der Waals surface area contributed by atoms with Gasteiger partial charge in [0.15, 0.2) is 5.84 Å². The van der Waals surface area contributed by atoms with Crippen LogP contribution < -0.4 is 10.6 Å². The minimum Gasteiger partial charge on any atom is -0.409 e. The largest absolute Gasteiger partial charge is 0.409 e. The van der Waals surface area contributed by atoms with Crippen LogP contribution in [0.15, 0.2) is 53.8 Å². The minimum absolute atomic E-state index is 0.0803.